The van der Waals surface area contributed by atoms with Crippen LogP contribution in [0.25, 0.3) is 0 Å². The zero-order valence-electron chi connectivity index (χ0n) is 24.1. The van der Waals surface area contributed by atoms with Crippen molar-refractivity contribution in [2.45, 2.75) is 25.3 Å². The van der Waals surface area contributed by atoms with Gasteiger partial charge in [0.25, 0.3) is 5.91 Å². The van der Waals surface area contributed by atoms with Gasteiger partial charge in [0, 0.05) is 42.9 Å². The molecule has 12 heteroatoms. The van der Waals surface area contributed by atoms with Crippen LogP contribution in [0.5, 0.6) is 17.2 Å². The van der Waals surface area contributed by atoms with Crippen molar-refractivity contribution in [2.75, 3.05) is 40.2 Å². The number of carbonyl (C=O) groups is 4. The van der Waals surface area contributed by atoms with E-state index >= 15 is 0 Å². The largest absolute Gasteiger partial charge is 0.486 e. The Hall–Kier alpha value is -5.10. The maximum atomic E-state index is 12.9. The van der Waals surface area contributed by atoms with Gasteiger partial charge in [-0.25, -0.2) is 19.4 Å². The molecule has 0 saturated carbocycles. The summed E-state index contributed by atoms with van der Waals surface area (Å²) >= 11 is 0. The monoisotopic (exact) mass is 604 g/mol. The highest BCUT2D eigenvalue weighted by Gasteiger charge is 2.26. The molecule has 12 nitrogen and oxygen atoms in total. The predicted molar refractivity (Wildman–Crippen MR) is 155 cm³/mol. The lowest BCUT2D eigenvalue weighted by Crippen LogP contribution is -2.45. The third-order valence-electron chi connectivity index (χ3n) is 7.10. The Morgan fingerprint density at radius 3 is 2.25 bits per heavy atom. The van der Waals surface area contributed by atoms with E-state index in [2.05, 4.69) is 5.32 Å². The summed E-state index contributed by atoms with van der Waals surface area (Å²) in [7, 11) is 1.52. The van der Waals surface area contributed by atoms with Crippen molar-refractivity contribution in [3.05, 3.63) is 89.0 Å². The Bertz CT molecular complexity index is 1490. The van der Waals surface area contributed by atoms with Gasteiger partial charge >= 0.3 is 12.1 Å². The average molecular weight is 605 g/mol. The molecule has 5 rings (SSSR count). The molecule has 3 aromatic rings. The Morgan fingerprint density at radius 1 is 0.818 bits per heavy atom. The van der Waals surface area contributed by atoms with Crippen molar-refractivity contribution in [1.29, 1.82) is 0 Å². The number of nitrogens with one attached hydrogen (secondary N) is 1. The first-order valence-electron chi connectivity index (χ1n) is 14.2. The first-order chi connectivity index (χ1) is 21.4. The Kier molecular flexibility index (Phi) is 9.92. The zero-order chi connectivity index (χ0) is 30.9. The lowest BCUT2D eigenvalue weighted by Gasteiger charge is -2.23. The number of methoxy groups -OCH3 is 1. The van der Waals surface area contributed by atoms with Gasteiger partial charge in [-0.1, -0.05) is 12.1 Å². The summed E-state index contributed by atoms with van der Waals surface area (Å²) in [6, 6.07) is 17.0. The van der Waals surface area contributed by atoms with Crippen LogP contribution in [0.4, 0.5) is 4.79 Å². The van der Waals surface area contributed by atoms with Gasteiger partial charge in [-0.3, -0.25) is 9.59 Å². The van der Waals surface area contributed by atoms with Gasteiger partial charge in [0.05, 0.1) is 5.56 Å². The molecular formula is C32H32N2O10. The molecule has 1 unspecified atom stereocenters. The number of carbonyl (C=O) groups excluding carboxylic acids is 4. The van der Waals surface area contributed by atoms with Crippen LogP contribution < -0.4 is 19.5 Å². The number of amides is 2. The Labute approximate surface area is 253 Å². The van der Waals surface area contributed by atoms with Crippen LogP contribution in [0.1, 0.15) is 55.9 Å². The molecule has 44 heavy (non-hydrogen) atoms. The van der Waals surface area contributed by atoms with Gasteiger partial charge < -0.3 is 29.2 Å². The molecule has 0 radical (unpaired) electrons. The second kappa shape index (κ2) is 14.4. The summed E-state index contributed by atoms with van der Waals surface area (Å²) in [5.74, 6) is 0.213. The fraction of sp³-hybridized carbons (Fsp3) is 0.312. The third-order valence-corrected chi connectivity index (χ3v) is 7.10. The minimum atomic E-state index is -0.894. The van der Waals surface area contributed by atoms with Crippen LogP contribution in [-0.2, 0) is 14.5 Å². The standard InChI is InChI=1S/C32H32N2O10/c1-39-20-42-26-12-9-22(10-13-26)30(36)33-25-4-2-3-15-34(19-25)32(38)44-43-31(37)23-7-5-21(6-8-23)29(35)24-11-14-27-28(18-24)41-17-16-40-27/h5-14,18,25H,2-4,15-17,19-20H2,1H3,(H,33,36). The van der Waals surface area contributed by atoms with Crippen molar-refractivity contribution < 1.29 is 47.9 Å². The summed E-state index contributed by atoms with van der Waals surface area (Å²) in [5.41, 5.74) is 1.30. The van der Waals surface area contributed by atoms with Gasteiger partial charge in [-0.05, 0) is 73.9 Å². The minimum absolute atomic E-state index is 0.0937. The van der Waals surface area contributed by atoms with E-state index in [4.69, 9.17) is 28.7 Å². The van der Waals surface area contributed by atoms with Gasteiger partial charge in [0.1, 0.15) is 19.0 Å². The first kappa shape index (κ1) is 30.4. The van der Waals surface area contributed by atoms with E-state index in [1.165, 1.54) is 36.3 Å². The highest BCUT2D eigenvalue weighted by Crippen LogP contribution is 2.31. The van der Waals surface area contributed by atoms with Gasteiger partial charge in [-0.15, -0.1) is 0 Å². The highest BCUT2D eigenvalue weighted by atomic mass is 17.2. The van der Waals surface area contributed by atoms with Crippen LogP contribution in [0.2, 0.25) is 0 Å². The molecule has 2 aliphatic heterocycles. The number of ketones is 1. The molecular weight excluding hydrogens is 572 g/mol. The zero-order valence-corrected chi connectivity index (χ0v) is 24.1. The molecule has 1 fully saturated rings. The van der Waals surface area contributed by atoms with Gasteiger partial charge in [0.15, 0.2) is 24.1 Å². The summed E-state index contributed by atoms with van der Waals surface area (Å²) in [6.07, 6.45) is 1.31. The highest BCUT2D eigenvalue weighted by molar-refractivity contribution is 6.09. The minimum Gasteiger partial charge on any atom is -0.486 e. The van der Waals surface area contributed by atoms with Crippen molar-refractivity contribution >= 4 is 23.8 Å². The smallest absolute Gasteiger partial charge is 0.453 e. The van der Waals surface area contributed by atoms with E-state index in [1.807, 2.05) is 0 Å². The van der Waals surface area contributed by atoms with Crippen molar-refractivity contribution in [1.82, 2.24) is 10.2 Å². The Balaban J connectivity index is 1.11. The number of benzene rings is 3. The van der Waals surface area contributed by atoms with Crippen LogP contribution in [0, 0.1) is 0 Å². The van der Waals surface area contributed by atoms with Gasteiger partial charge in [0.2, 0.25) is 0 Å². The molecule has 0 bridgehead atoms. The number of rotatable bonds is 8. The molecule has 3 aromatic carbocycles. The summed E-state index contributed by atoms with van der Waals surface area (Å²) < 4.78 is 21.2. The van der Waals surface area contributed by atoms with Crippen molar-refractivity contribution in [3.8, 4) is 17.2 Å². The molecule has 2 amide bonds. The molecule has 0 aliphatic carbocycles. The fourth-order valence-electron chi connectivity index (χ4n) is 4.81. The summed E-state index contributed by atoms with van der Waals surface area (Å²) in [4.78, 5) is 62.1. The van der Waals surface area contributed by atoms with E-state index in [9.17, 15) is 19.2 Å². The molecule has 2 heterocycles. The topological polar surface area (TPSA) is 139 Å². The molecule has 1 saturated heterocycles. The molecule has 0 spiro atoms. The number of hydrogen-bond acceptors (Lipinski definition) is 10. The van der Waals surface area contributed by atoms with E-state index in [0.717, 1.165) is 6.42 Å². The first-order valence-corrected chi connectivity index (χ1v) is 14.2. The number of fused-ring (bicyclic) bond motifs is 1. The number of ether oxygens (including phenoxy) is 4. The molecule has 230 valence electrons. The van der Waals surface area contributed by atoms with E-state index in [-0.39, 0.29) is 36.6 Å². The molecule has 1 atom stereocenters. The number of nitrogens with zero attached hydrogens (tertiary/aromatic N) is 1. The summed E-state index contributed by atoms with van der Waals surface area (Å²) in [6.45, 7) is 1.53. The quantitative estimate of drug-likeness (QED) is 0.173. The Morgan fingerprint density at radius 2 is 1.50 bits per heavy atom. The molecule has 2 aliphatic rings. The van der Waals surface area contributed by atoms with Gasteiger partial charge in [-0.2, -0.15) is 0 Å². The third kappa shape index (κ3) is 7.64. The van der Waals surface area contributed by atoms with E-state index in [0.29, 0.717) is 66.5 Å². The van der Waals surface area contributed by atoms with Crippen LogP contribution in [0.3, 0.4) is 0 Å². The lowest BCUT2D eigenvalue weighted by atomic mass is 10.0. The maximum absolute atomic E-state index is 12.9. The van der Waals surface area contributed by atoms with E-state index < -0.39 is 12.1 Å². The maximum Gasteiger partial charge on any atom is 0.453 e. The second-order valence-corrected chi connectivity index (χ2v) is 10.2. The van der Waals surface area contributed by atoms with Crippen LogP contribution in [0.15, 0.2) is 66.7 Å². The molecule has 1 N–H and O–H groups in total. The van der Waals surface area contributed by atoms with Crippen LogP contribution in [-0.4, -0.2) is 74.9 Å². The summed E-state index contributed by atoms with van der Waals surface area (Å²) in [5, 5.41) is 2.95. The normalized spacial score (nSPS) is 15.8. The van der Waals surface area contributed by atoms with Crippen molar-refractivity contribution in [3.63, 3.8) is 0 Å². The molecule has 0 aromatic heterocycles. The lowest BCUT2D eigenvalue weighted by molar-refractivity contribution is -0.192. The van der Waals surface area contributed by atoms with E-state index in [1.54, 1.807) is 42.5 Å². The second-order valence-electron chi connectivity index (χ2n) is 10.2. The van der Waals surface area contributed by atoms with Crippen molar-refractivity contribution in [2.24, 2.45) is 0 Å². The average Bonchev–Trinajstić information content (AvgIpc) is 3.31. The number of hydrogen-bond donors (Lipinski definition) is 1. The predicted octanol–water partition coefficient (Wildman–Crippen LogP) is 4.16. The number of likely N-dealkylation sites (tertiary alicyclic amines) is 1. The SMILES string of the molecule is COCOc1ccc(C(=O)NC2CCCCN(C(=O)OOC(=O)c3ccc(C(=O)c4ccc5c(c4)OCCO5)cc3)C2)cc1. The van der Waals surface area contributed by atoms with Crippen LogP contribution >= 0.6 is 0 Å². The fourth-order valence-corrected chi connectivity index (χ4v) is 4.81.